The Kier molecular flexibility index (Phi) is 3.55. The Morgan fingerprint density at radius 2 is 2.15 bits per heavy atom. The van der Waals surface area contributed by atoms with Crippen LogP contribution in [0.2, 0.25) is 5.02 Å². The summed E-state index contributed by atoms with van der Waals surface area (Å²) in [6.07, 6.45) is 0. The molecule has 3 nitrogen and oxygen atoms in total. The van der Waals surface area contributed by atoms with Crippen LogP contribution in [0.15, 0.2) is 42.5 Å². The summed E-state index contributed by atoms with van der Waals surface area (Å²) in [5, 5.41) is 13.7. The maximum Gasteiger partial charge on any atom is 0.127 e. The fraction of sp³-hybridized carbons (Fsp3) is 0.250. The number of nitrogens with one attached hydrogen (secondary N) is 1. The Hall–Kier alpha value is -1.71. The van der Waals surface area contributed by atoms with Crippen molar-refractivity contribution < 1.29 is 9.84 Å². The van der Waals surface area contributed by atoms with Gasteiger partial charge in [0.2, 0.25) is 0 Å². The number of rotatable bonds is 3. The van der Waals surface area contributed by atoms with Crippen LogP contribution in [0.1, 0.15) is 30.1 Å². The van der Waals surface area contributed by atoms with Gasteiger partial charge < -0.3 is 15.2 Å². The Balaban J connectivity index is 1.77. The molecule has 104 valence electrons. The molecule has 2 aromatic carbocycles. The van der Waals surface area contributed by atoms with Crippen LogP contribution in [0, 0.1) is 0 Å². The zero-order valence-electron chi connectivity index (χ0n) is 11.1. The van der Waals surface area contributed by atoms with Gasteiger partial charge in [-0.1, -0.05) is 23.7 Å². The van der Waals surface area contributed by atoms with Gasteiger partial charge in [0, 0.05) is 22.7 Å². The predicted octanol–water partition coefficient (Wildman–Crippen LogP) is 3.83. The molecule has 1 unspecified atom stereocenters. The Bertz CT molecular complexity index is 630. The fourth-order valence-corrected chi connectivity index (χ4v) is 2.71. The van der Waals surface area contributed by atoms with Gasteiger partial charge in [-0.15, -0.1) is 0 Å². The van der Waals surface area contributed by atoms with Gasteiger partial charge in [0.15, 0.2) is 0 Å². The molecule has 20 heavy (non-hydrogen) atoms. The van der Waals surface area contributed by atoms with E-state index in [0.29, 0.717) is 6.61 Å². The molecule has 1 aliphatic heterocycles. The van der Waals surface area contributed by atoms with Crippen molar-refractivity contribution in [1.82, 2.24) is 5.32 Å². The molecular weight excluding hydrogens is 274 g/mol. The minimum atomic E-state index is 0.125. The summed E-state index contributed by atoms with van der Waals surface area (Å²) in [6, 6.07) is 13.4. The smallest absolute Gasteiger partial charge is 0.127 e. The van der Waals surface area contributed by atoms with Crippen molar-refractivity contribution in [3.8, 4) is 11.5 Å². The van der Waals surface area contributed by atoms with Crippen molar-refractivity contribution in [2.24, 2.45) is 0 Å². The first-order chi connectivity index (χ1) is 9.63. The van der Waals surface area contributed by atoms with Crippen LogP contribution in [0.5, 0.6) is 11.5 Å². The number of phenols is 1. The number of ether oxygens (including phenoxy) is 1. The first-order valence-corrected chi connectivity index (χ1v) is 6.98. The molecule has 0 radical (unpaired) electrons. The van der Waals surface area contributed by atoms with Gasteiger partial charge in [-0.3, -0.25) is 0 Å². The standard InChI is InChI=1S/C16H16ClNO2/c1-10(11-3-2-4-12(17)7-11)18-15-9-20-16-8-13(19)5-6-14(15)16/h2-8,10,15,18-19H,9H2,1H3/t10-,15?/m1/s1. The molecule has 2 N–H and O–H groups in total. The highest BCUT2D eigenvalue weighted by molar-refractivity contribution is 6.30. The highest BCUT2D eigenvalue weighted by atomic mass is 35.5. The second kappa shape index (κ2) is 5.35. The highest BCUT2D eigenvalue weighted by Gasteiger charge is 2.25. The van der Waals surface area contributed by atoms with E-state index in [1.165, 1.54) is 0 Å². The second-order valence-electron chi connectivity index (χ2n) is 5.03. The highest BCUT2D eigenvalue weighted by Crippen LogP contribution is 2.36. The van der Waals surface area contributed by atoms with Crippen molar-refractivity contribution in [1.29, 1.82) is 0 Å². The third-order valence-electron chi connectivity index (χ3n) is 3.58. The van der Waals surface area contributed by atoms with Gasteiger partial charge >= 0.3 is 0 Å². The average Bonchev–Trinajstić information content (AvgIpc) is 2.81. The van der Waals surface area contributed by atoms with Crippen molar-refractivity contribution >= 4 is 11.6 Å². The van der Waals surface area contributed by atoms with Crippen molar-refractivity contribution in [2.45, 2.75) is 19.0 Å². The predicted molar refractivity (Wildman–Crippen MR) is 79.3 cm³/mol. The van der Waals surface area contributed by atoms with Crippen molar-refractivity contribution in [3.63, 3.8) is 0 Å². The van der Waals surface area contributed by atoms with Crippen molar-refractivity contribution in [2.75, 3.05) is 6.61 Å². The lowest BCUT2D eigenvalue weighted by atomic mass is 10.0. The van der Waals surface area contributed by atoms with Crippen LogP contribution in [0.25, 0.3) is 0 Å². The third kappa shape index (κ3) is 2.60. The van der Waals surface area contributed by atoms with Crippen LogP contribution in [0.3, 0.4) is 0 Å². The summed E-state index contributed by atoms with van der Waals surface area (Å²) in [6.45, 7) is 2.67. The SMILES string of the molecule is C[C@@H](NC1COc2cc(O)ccc21)c1cccc(Cl)c1. The third-order valence-corrected chi connectivity index (χ3v) is 3.81. The first-order valence-electron chi connectivity index (χ1n) is 6.61. The molecule has 1 aliphatic rings. The first kappa shape index (κ1) is 13.3. The second-order valence-corrected chi connectivity index (χ2v) is 5.47. The van der Waals surface area contributed by atoms with Crippen LogP contribution >= 0.6 is 11.6 Å². The summed E-state index contributed by atoms with van der Waals surface area (Å²) in [5.74, 6) is 0.980. The van der Waals surface area contributed by atoms with Gasteiger partial charge in [-0.2, -0.15) is 0 Å². The molecule has 0 bridgehead atoms. The van der Waals surface area contributed by atoms with Gasteiger partial charge in [0.25, 0.3) is 0 Å². The number of halogens is 1. The molecule has 3 rings (SSSR count). The maximum absolute atomic E-state index is 9.46. The minimum absolute atomic E-state index is 0.125. The van der Waals surface area contributed by atoms with E-state index >= 15 is 0 Å². The van der Waals surface area contributed by atoms with E-state index in [1.54, 1.807) is 12.1 Å². The van der Waals surface area contributed by atoms with Crippen molar-refractivity contribution in [3.05, 3.63) is 58.6 Å². The molecule has 0 fully saturated rings. The molecule has 0 saturated heterocycles. The van der Waals surface area contributed by atoms with E-state index in [2.05, 4.69) is 18.3 Å². The van der Waals surface area contributed by atoms with E-state index in [0.717, 1.165) is 21.9 Å². The molecule has 4 heteroatoms. The summed E-state index contributed by atoms with van der Waals surface area (Å²) in [5.41, 5.74) is 2.22. The topological polar surface area (TPSA) is 41.5 Å². The summed E-state index contributed by atoms with van der Waals surface area (Å²) in [7, 11) is 0. The van der Waals surface area contributed by atoms with Gasteiger partial charge in [0.05, 0.1) is 6.04 Å². The number of aromatic hydroxyl groups is 1. The lowest BCUT2D eigenvalue weighted by Gasteiger charge is -2.19. The van der Waals surface area contributed by atoms with Gasteiger partial charge in [-0.25, -0.2) is 0 Å². The van der Waals surface area contributed by atoms with Crippen LogP contribution in [-0.2, 0) is 0 Å². The number of hydrogen-bond donors (Lipinski definition) is 2. The van der Waals surface area contributed by atoms with Gasteiger partial charge in [-0.05, 0) is 36.8 Å². The summed E-state index contributed by atoms with van der Waals surface area (Å²) < 4.78 is 5.60. The van der Waals surface area contributed by atoms with E-state index in [1.807, 2.05) is 24.3 Å². The van der Waals surface area contributed by atoms with Crippen LogP contribution in [-0.4, -0.2) is 11.7 Å². The Morgan fingerprint density at radius 1 is 1.30 bits per heavy atom. The number of fused-ring (bicyclic) bond motifs is 1. The Labute approximate surface area is 123 Å². The molecule has 0 amide bonds. The molecule has 0 saturated carbocycles. The Morgan fingerprint density at radius 3 is 2.95 bits per heavy atom. The number of phenolic OH excluding ortho intramolecular Hbond substituents is 1. The zero-order valence-corrected chi connectivity index (χ0v) is 11.9. The number of hydrogen-bond acceptors (Lipinski definition) is 3. The fourth-order valence-electron chi connectivity index (χ4n) is 2.51. The largest absolute Gasteiger partial charge is 0.508 e. The normalized spacial score (nSPS) is 18.4. The molecule has 1 heterocycles. The van der Waals surface area contributed by atoms with E-state index in [-0.39, 0.29) is 17.8 Å². The summed E-state index contributed by atoms with van der Waals surface area (Å²) in [4.78, 5) is 0. The molecule has 2 atom stereocenters. The monoisotopic (exact) mass is 289 g/mol. The lowest BCUT2D eigenvalue weighted by Crippen LogP contribution is -2.25. The lowest BCUT2D eigenvalue weighted by molar-refractivity contribution is 0.300. The quantitative estimate of drug-likeness (QED) is 0.902. The molecule has 2 aromatic rings. The number of benzene rings is 2. The van der Waals surface area contributed by atoms with Crippen LogP contribution in [0.4, 0.5) is 0 Å². The summed E-state index contributed by atoms with van der Waals surface area (Å²) >= 11 is 6.02. The van der Waals surface area contributed by atoms with E-state index in [4.69, 9.17) is 16.3 Å². The van der Waals surface area contributed by atoms with Gasteiger partial charge in [0.1, 0.15) is 18.1 Å². The molecular formula is C16H16ClNO2. The van der Waals surface area contributed by atoms with E-state index in [9.17, 15) is 5.11 Å². The van der Waals surface area contributed by atoms with E-state index < -0.39 is 0 Å². The minimum Gasteiger partial charge on any atom is -0.508 e. The molecule has 0 spiro atoms. The van der Waals surface area contributed by atoms with Crippen LogP contribution < -0.4 is 10.1 Å². The molecule has 0 aliphatic carbocycles. The zero-order chi connectivity index (χ0) is 14.1. The average molecular weight is 290 g/mol. The molecule has 0 aromatic heterocycles. The maximum atomic E-state index is 9.46.